The summed E-state index contributed by atoms with van der Waals surface area (Å²) in [5.41, 5.74) is -1.54. The Morgan fingerprint density at radius 3 is 2.56 bits per heavy atom. The van der Waals surface area contributed by atoms with E-state index < -0.39 is 22.8 Å². The van der Waals surface area contributed by atoms with E-state index in [1.807, 2.05) is 4.90 Å². The predicted octanol–water partition coefficient (Wildman–Crippen LogP) is 3.79. The summed E-state index contributed by atoms with van der Waals surface area (Å²) in [5.74, 6) is 1.29. The molecule has 9 heteroatoms. The summed E-state index contributed by atoms with van der Waals surface area (Å²) in [4.78, 5) is 15.7. The van der Waals surface area contributed by atoms with Gasteiger partial charge in [0.2, 0.25) is 5.91 Å². The number of aliphatic hydroxyl groups is 1. The van der Waals surface area contributed by atoms with Crippen molar-refractivity contribution in [2.24, 2.45) is 17.3 Å². The number of piperidine rings is 1. The normalized spacial score (nSPS) is 36.8. The van der Waals surface area contributed by atoms with Crippen LogP contribution in [0.5, 0.6) is 0 Å². The van der Waals surface area contributed by atoms with Crippen LogP contribution in [0.3, 0.4) is 0 Å². The summed E-state index contributed by atoms with van der Waals surface area (Å²) in [6.45, 7) is 1.08. The number of halogens is 3. The number of alkyl halides is 3. The summed E-state index contributed by atoms with van der Waals surface area (Å²) in [7, 11) is 0. The van der Waals surface area contributed by atoms with E-state index in [1.165, 1.54) is 10.5 Å². The monoisotopic (exact) mass is 448 g/mol. The fraction of sp³-hybridized carbons (Fsp3) is 0.696. The van der Waals surface area contributed by atoms with Crippen molar-refractivity contribution in [2.75, 3.05) is 13.1 Å². The number of pyridine rings is 1. The van der Waals surface area contributed by atoms with Crippen molar-refractivity contribution in [3.05, 3.63) is 29.7 Å². The molecular weight excluding hydrogens is 421 g/mol. The number of carbonyl (C=O) groups is 1. The molecule has 4 aliphatic carbocycles. The Kier molecular flexibility index (Phi) is 4.27. The van der Waals surface area contributed by atoms with E-state index >= 15 is 0 Å². The minimum atomic E-state index is -4.44. The lowest BCUT2D eigenvalue weighted by Gasteiger charge is -2.60. The van der Waals surface area contributed by atoms with E-state index in [1.54, 1.807) is 0 Å². The number of likely N-dealkylation sites (tertiary alicyclic amines) is 1. The topological polar surface area (TPSA) is 70.7 Å². The highest BCUT2D eigenvalue weighted by Gasteiger charge is 2.61. The van der Waals surface area contributed by atoms with Crippen LogP contribution in [0.25, 0.3) is 5.65 Å². The number of hydrogen-bond donors (Lipinski definition) is 1. The van der Waals surface area contributed by atoms with Crippen LogP contribution in [0.1, 0.15) is 68.7 Å². The lowest BCUT2D eigenvalue weighted by Crippen LogP contribution is -2.61. The van der Waals surface area contributed by atoms with Gasteiger partial charge in [0.1, 0.15) is 5.82 Å². The van der Waals surface area contributed by atoms with E-state index in [4.69, 9.17) is 0 Å². The van der Waals surface area contributed by atoms with Crippen molar-refractivity contribution in [3.8, 4) is 0 Å². The molecule has 7 rings (SSSR count). The summed E-state index contributed by atoms with van der Waals surface area (Å²) in [6, 6.07) is 2.35. The van der Waals surface area contributed by atoms with Crippen molar-refractivity contribution >= 4 is 11.6 Å². The average molecular weight is 448 g/mol. The summed E-state index contributed by atoms with van der Waals surface area (Å²) >= 11 is 0. The molecule has 2 aromatic heterocycles. The van der Waals surface area contributed by atoms with Gasteiger partial charge in [-0.05, 0) is 75.3 Å². The first kappa shape index (κ1) is 20.4. The van der Waals surface area contributed by atoms with Gasteiger partial charge in [0, 0.05) is 25.2 Å². The minimum absolute atomic E-state index is 0.125. The van der Waals surface area contributed by atoms with Crippen LogP contribution in [-0.2, 0) is 11.0 Å². The smallest absolute Gasteiger partial charge is 0.390 e. The molecule has 3 heterocycles. The van der Waals surface area contributed by atoms with Crippen molar-refractivity contribution in [2.45, 2.75) is 69.1 Å². The first-order valence-corrected chi connectivity index (χ1v) is 11.6. The first-order chi connectivity index (χ1) is 15.1. The molecule has 0 radical (unpaired) electrons. The number of rotatable bonds is 2. The highest BCUT2D eigenvalue weighted by atomic mass is 19.4. The Labute approximate surface area is 183 Å². The minimum Gasteiger partial charge on any atom is -0.390 e. The van der Waals surface area contributed by atoms with Crippen LogP contribution in [0.2, 0.25) is 0 Å². The molecule has 1 amide bonds. The second-order valence-corrected chi connectivity index (χ2v) is 10.8. The highest BCUT2D eigenvalue weighted by molar-refractivity contribution is 5.83. The number of carbonyl (C=O) groups excluding carboxylic acids is 1. The van der Waals surface area contributed by atoms with Crippen LogP contribution < -0.4 is 0 Å². The van der Waals surface area contributed by atoms with Gasteiger partial charge in [-0.25, -0.2) is 0 Å². The number of amides is 1. The van der Waals surface area contributed by atoms with Crippen molar-refractivity contribution in [1.29, 1.82) is 0 Å². The molecule has 4 saturated carbocycles. The lowest BCUT2D eigenvalue weighted by molar-refractivity contribution is -0.186. The highest BCUT2D eigenvalue weighted by Crippen LogP contribution is 2.62. The molecule has 3 unspecified atom stereocenters. The summed E-state index contributed by atoms with van der Waals surface area (Å²) < 4.78 is 41.1. The van der Waals surface area contributed by atoms with Crippen LogP contribution in [0.4, 0.5) is 13.2 Å². The van der Waals surface area contributed by atoms with Gasteiger partial charge in [0.05, 0.1) is 16.6 Å². The Hall–Kier alpha value is -2.16. The summed E-state index contributed by atoms with van der Waals surface area (Å²) in [5, 5.41) is 19.3. The number of hydrogen-bond acceptors (Lipinski definition) is 4. The van der Waals surface area contributed by atoms with Gasteiger partial charge < -0.3 is 10.0 Å². The van der Waals surface area contributed by atoms with Gasteiger partial charge >= 0.3 is 6.18 Å². The molecule has 2 aromatic rings. The third-order valence-electron chi connectivity index (χ3n) is 8.31. The van der Waals surface area contributed by atoms with E-state index in [9.17, 15) is 23.1 Å². The van der Waals surface area contributed by atoms with Crippen LogP contribution >= 0.6 is 0 Å². The van der Waals surface area contributed by atoms with E-state index in [0.29, 0.717) is 42.8 Å². The quantitative estimate of drug-likeness (QED) is 0.759. The molecule has 32 heavy (non-hydrogen) atoms. The lowest BCUT2D eigenvalue weighted by atomic mass is 9.47. The maximum absolute atomic E-state index is 13.8. The molecule has 4 bridgehead atoms. The van der Waals surface area contributed by atoms with Crippen molar-refractivity contribution in [1.82, 2.24) is 19.5 Å². The maximum Gasteiger partial charge on any atom is 0.417 e. The Morgan fingerprint density at radius 2 is 1.88 bits per heavy atom. The Balaban J connectivity index is 1.27. The Bertz CT molecular complexity index is 1070. The fourth-order valence-electron chi connectivity index (χ4n) is 7.53. The predicted molar refractivity (Wildman–Crippen MR) is 109 cm³/mol. The number of fused-ring (bicyclic) bond motifs is 1. The molecule has 1 N–H and O–H groups in total. The second-order valence-electron chi connectivity index (χ2n) is 10.8. The largest absolute Gasteiger partial charge is 0.417 e. The number of aromatic nitrogens is 3. The van der Waals surface area contributed by atoms with Crippen LogP contribution in [0, 0.1) is 17.3 Å². The molecular formula is C23H27F3N4O2. The van der Waals surface area contributed by atoms with Crippen molar-refractivity contribution < 1.29 is 23.1 Å². The SMILES string of the molecule is O=C(N1CCCC(c2nnc3ccc(C(F)(F)F)cn23)C1)C12CC3CC(CC(O)(C3)C1)C2. The third-order valence-corrected chi connectivity index (χ3v) is 8.31. The maximum atomic E-state index is 13.8. The standard InChI is InChI=1S/C23H27F3N4O2/c24-23(25,26)17-3-4-18-27-28-19(30(18)12-17)16-2-1-5-29(11-16)20(31)21-7-14-6-15(8-21)10-22(32,9-14)13-21/h3-4,12,14-16,32H,1-2,5-11,13H2. The molecule has 0 aromatic carbocycles. The zero-order valence-corrected chi connectivity index (χ0v) is 17.8. The second kappa shape index (κ2) is 6.68. The molecule has 5 fully saturated rings. The average Bonchev–Trinajstić information content (AvgIpc) is 3.14. The molecule has 1 aliphatic heterocycles. The van der Waals surface area contributed by atoms with Gasteiger partial charge in [-0.1, -0.05) is 0 Å². The zero-order valence-electron chi connectivity index (χ0n) is 17.8. The molecule has 1 saturated heterocycles. The van der Waals surface area contributed by atoms with Gasteiger partial charge in [-0.3, -0.25) is 9.20 Å². The summed E-state index contributed by atoms with van der Waals surface area (Å²) in [6.07, 6.45) is 3.15. The third kappa shape index (κ3) is 3.15. The molecule has 172 valence electrons. The van der Waals surface area contributed by atoms with Gasteiger partial charge in [-0.2, -0.15) is 13.2 Å². The Morgan fingerprint density at radius 1 is 1.12 bits per heavy atom. The van der Waals surface area contributed by atoms with Crippen molar-refractivity contribution in [3.63, 3.8) is 0 Å². The zero-order chi connectivity index (χ0) is 22.3. The molecule has 0 spiro atoms. The number of nitrogens with zero attached hydrogens (tertiary/aromatic N) is 4. The van der Waals surface area contributed by atoms with Gasteiger partial charge in [-0.15, -0.1) is 10.2 Å². The van der Waals surface area contributed by atoms with E-state index in [-0.39, 0.29) is 11.8 Å². The van der Waals surface area contributed by atoms with Crippen LogP contribution in [0.15, 0.2) is 18.3 Å². The first-order valence-electron chi connectivity index (χ1n) is 11.6. The van der Waals surface area contributed by atoms with E-state index in [0.717, 1.165) is 57.2 Å². The molecule has 5 aliphatic rings. The van der Waals surface area contributed by atoms with Crippen LogP contribution in [-0.4, -0.2) is 49.2 Å². The van der Waals surface area contributed by atoms with E-state index in [2.05, 4.69) is 10.2 Å². The van der Waals surface area contributed by atoms with Gasteiger partial charge in [0.15, 0.2) is 5.65 Å². The fourth-order valence-corrected chi connectivity index (χ4v) is 7.53. The molecule has 3 atom stereocenters. The molecule has 6 nitrogen and oxygen atoms in total. The van der Waals surface area contributed by atoms with Gasteiger partial charge in [0.25, 0.3) is 0 Å².